The number of fused-ring (bicyclic) bond motifs is 1. The van der Waals surface area contributed by atoms with Crippen LogP contribution in [-0.4, -0.2) is 27.7 Å². The number of aliphatic imine (C=N–C) groups is 1. The molecule has 0 N–H and O–H groups in total. The van der Waals surface area contributed by atoms with Crippen LogP contribution >= 0.6 is 0 Å². The lowest BCUT2D eigenvalue weighted by Crippen LogP contribution is -2.46. The molecule has 3 aliphatic carbocycles. The van der Waals surface area contributed by atoms with E-state index in [4.69, 9.17) is 4.99 Å². The first-order valence-corrected chi connectivity index (χ1v) is 10.7. The molecular weight excluding hydrogens is 338 g/mol. The van der Waals surface area contributed by atoms with Gasteiger partial charge in [-0.3, -0.25) is 10.1 Å². The van der Waals surface area contributed by atoms with Gasteiger partial charge in [0.2, 0.25) is 0 Å². The van der Waals surface area contributed by atoms with Crippen LogP contribution in [0.4, 0.5) is 11.4 Å². The second kappa shape index (κ2) is 6.61. The monoisotopic (exact) mass is 367 g/mol. The highest BCUT2D eigenvalue weighted by Gasteiger charge is 2.47. The minimum Gasteiger partial charge on any atom is -0.354 e. The van der Waals surface area contributed by atoms with E-state index in [1.807, 2.05) is 13.0 Å². The number of hydrogen-bond donors (Lipinski definition) is 0. The van der Waals surface area contributed by atoms with Gasteiger partial charge in [0.1, 0.15) is 5.84 Å². The molecule has 5 aliphatic rings. The van der Waals surface area contributed by atoms with Crippen LogP contribution in [0, 0.1) is 34.8 Å². The van der Waals surface area contributed by atoms with E-state index in [1.165, 1.54) is 63.6 Å². The lowest BCUT2D eigenvalue weighted by molar-refractivity contribution is -0.384. The Bertz CT molecular complexity index is 770. The highest BCUT2D eigenvalue weighted by atomic mass is 16.6. The molecule has 5 nitrogen and oxygen atoms in total. The van der Waals surface area contributed by atoms with Crippen LogP contribution < -0.4 is 0 Å². The molecule has 2 unspecified atom stereocenters. The second-order valence-electron chi connectivity index (χ2n) is 9.30. The largest absolute Gasteiger partial charge is 0.354 e. The fourth-order valence-corrected chi connectivity index (χ4v) is 6.47. The van der Waals surface area contributed by atoms with E-state index in [2.05, 4.69) is 4.90 Å². The summed E-state index contributed by atoms with van der Waals surface area (Å²) in [5, 5.41) is 11.1. The number of non-ortho nitro benzene ring substituents is 1. The molecule has 2 atom stereocenters. The third-order valence-corrected chi connectivity index (χ3v) is 7.48. The molecule has 1 aromatic rings. The third kappa shape index (κ3) is 3.05. The predicted octanol–water partition coefficient (Wildman–Crippen LogP) is 5.39. The summed E-state index contributed by atoms with van der Waals surface area (Å²) in [5.41, 5.74) is 1.98. The molecule has 1 aromatic carbocycles. The van der Waals surface area contributed by atoms with Gasteiger partial charge in [0.15, 0.2) is 0 Å². The molecule has 0 radical (unpaired) electrons. The van der Waals surface area contributed by atoms with E-state index in [1.54, 1.807) is 12.1 Å². The molecule has 144 valence electrons. The van der Waals surface area contributed by atoms with Crippen molar-refractivity contribution in [3.8, 4) is 0 Å². The Morgan fingerprint density at radius 1 is 1.04 bits per heavy atom. The Hall–Kier alpha value is -1.91. The van der Waals surface area contributed by atoms with Gasteiger partial charge in [-0.15, -0.1) is 0 Å². The summed E-state index contributed by atoms with van der Waals surface area (Å²) in [6.07, 6.45) is 12.0. The molecule has 2 aliphatic heterocycles. The SMILES string of the molecule is Cc1cc([N+](=O)[O-])ccc1/N=C1/C2CC3CC(C2)CC(C3)N1C1CCCC1. The van der Waals surface area contributed by atoms with Gasteiger partial charge in [-0.1, -0.05) is 12.8 Å². The number of nitro benzene ring substituents is 1. The van der Waals surface area contributed by atoms with E-state index in [9.17, 15) is 10.1 Å². The normalized spacial score (nSPS) is 34.4. The lowest BCUT2D eigenvalue weighted by atomic mass is 9.68. The first-order valence-electron chi connectivity index (χ1n) is 10.7. The topological polar surface area (TPSA) is 58.7 Å². The van der Waals surface area contributed by atoms with Gasteiger partial charge in [0.05, 0.1) is 10.6 Å². The second-order valence-corrected chi connectivity index (χ2v) is 9.30. The Morgan fingerprint density at radius 2 is 1.74 bits per heavy atom. The first-order chi connectivity index (χ1) is 13.1. The van der Waals surface area contributed by atoms with Crippen LogP contribution in [0.15, 0.2) is 23.2 Å². The van der Waals surface area contributed by atoms with Gasteiger partial charge in [0, 0.05) is 30.1 Å². The van der Waals surface area contributed by atoms with E-state index in [-0.39, 0.29) is 10.6 Å². The Balaban J connectivity index is 1.57. The van der Waals surface area contributed by atoms with Crippen molar-refractivity contribution in [1.29, 1.82) is 0 Å². The fraction of sp³-hybridized carbons (Fsp3) is 0.682. The maximum absolute atomic E-state index is 11.1. The Morgan fingerprint density at radius 3 is 2.37 bits per heavy atom. The van der Waals surface area contributed by atoms with Crippen molar-refractivity contribution < 1.29 is 4.92 Å². The summed E-state index contributed by atoms with van der Waals surface area (Å²) in [7, 11) is 0. The standard InChI is InChI=1S/C22H29N3O2/c1-14-8-19(25(26)27)6-7-21(14)23-22-17-10-15-9-16(11-17)13-20(12-15)24(22)18-4-2-3-5-18/h6-8,15-18,20H,2-5,9-13H2,1H3/b23-22-. The van der Waals surface area contributed by atoms with Crippen molar-refractivity contribution in [1.82, 2.24) is 4.90 Å². The van der Waals surface area contributed by atoms with Crippen molar-refractivity contribution in [3.63, 3.8) is 0 Å². The molecule has 6 rings (SSSR count). The lowest BCUT2D eigenvalue weighted by Gasteiger charge is -2.41. The fourth-order valence-electron chi connectivity index (χ4n) is 6.47. The van der Waals surface area contributed by atoms with E-state index < -0.39 is 0 Å². The van der Waals surface area contributed by atoms with Crippen molar-refractivity contribution >= 4 is 17.2 Å². The van der Waals surface area contributed by atoms with E-state index in [0.29, 0.717) is 18.0 Å². The van der Waals surface area contributed by atoms with Crippen LogP contribution in [-0.2, 0) is 0 Å². The Kier molecular flexibility index (Phi) is 4.21. The molecule has 2 saturated heterocycles. The first kappa shape index (κ1) is 17.2. The van der Waals surface area contributed by atoms with Crippen molar-refractivity contribution in [2.75, 3.05) is 0 Å². The number of aryl methyl sites for hydroxylation is 1. The summed E-state index contributed by atoms with van der Waals surface area (Å²) in [4.78, 5) is 18.7. The van der Waals surface area contributed by atoms with Crippen molar-refractivity contribution in [3.05, 3.63) is 33.9 Å². The summed E-state index contributed by atoms with van der Waals surface area (Å²) in [6.45, 7) is 1.95. The molecular formula is C22H29N3O2. The van der Waals surface area contributed by atoms with Crippen LogP contribution in [0.2, 0.25) is 0 Å². The zero-order chi connectivity index (χ0) is 18.5. The van der Waals surface area contributed by atoms with Crippen LogP contribution in [0.3, 0.4) is 0 Å². The molecule has 0 spiro atoms. The minimum atomic E-state index is -0.319. The predicted molar refractivity (Wildman–Crippen MR) is 106 cm³/mol. The van der Waals surface area contributed by atoms with Crippen LogP contribution in [0.5, 0.6) is 0 Å². The Labute approximate surface area is 161 Å². The highest BCUT2D eigenvalue weighted by molar-refractivity contribution is 5.89. The molecule has 3 saturated carbocycles. The van der Waals surface area contributed by atoms with Crippen LogP contribution in [0.1, 0.15) is 63.4 Å². The van der Waals surface area contributed by atoms with Gasteiger partial charge in [-0.2, -0.15) is 0 Å². The van der Waals surface area contributed by atoms with Crippen molar-refractivity contribution in [2.45, 2.75) is 76.8 Å². The van der Waals surface area contributed by atoms with Crippen molar-refractivity contribution in [2.24, 2.45) is 22.7 Å². The number of nitrogens with zero attached hydrogens (tertiary/aromatic N) is 3. The van der Waals surface area contributed by atoms with Crippen LogP contribution in [0.25, 0.3) is 0 Å². The van der Waals surface area contributed by atoms with E-state index in [0.717, 1.165) is 23.1 Å². The number of rotatable bonds is 3. The number of hydrogen-bond acceptors (Lipinski definition) is 3. The number of amidine groups is 1. The third-order valence-electron chi connectivity index (χ3n) is 7.48. The summed E-state index contributed by atoms with van der Waals surface area (Å²) in [5.74, 6) is 3.65. The molecule has 4 bridgehead atoms. The quantitative estimate of drug-likeness (QED) is 0.532. The molecule has 27 heavy (non-hydrogen) atoms. The molecule has 0 amide bonds. The zero-order valence-corrected chi connectivity index (χ0v) is 16.1. The van der Waals surface area contributed by atoms with Gasteiger partial charge < -0.3 is 4.90 Å². The average molecular weight is 367 g/mol. The minimum absolute atomic E-state index is 0.157. The average Bonchev–Trinajstić information content (AvgIpc) is 3.10. The summed E-state index contributed by atoms with van der Waals surface area (Å²) in [6, 6.07) is 6.45. The number of benzene rings is 1. The maximum atomic E-state index is 11.1. The molecule has 5 fully saturated rings. The van der Waals surface area contributed by atoms with Gasteiger partial charge in [-0.25, -0.2) is 4.99 Å². The highest BCUT2D eigenvalue weighted by Crippen LogP contribution is 2.50. The summed E-state index contributed by atoms with van der Waals surface area (Å²) < 4.78 is 0. The van der Waals surface area contributed by atoms with Gasteiger partial charge in [-0.05, 0) is 75.3 Å². The smallest absolute Gasteiger partial charge is 0.269 e. The molecule has 5 heteroatoms. The van der Waals surface area contributed by atoms with Gasteiger partial charge >= 0.3 is 0 Å². The zero-order valence-electron chi connectivity index (χ0n) is 16.1. The van der Waals surface area contributed by atoms with E-state index >= 15 is 0 Å². The van der Waals surface area contributed by atoms with Gasteiger partial charge in [0.25, 0.3) is 5.69 Å². The molecule has 0 aromatic heterocycles. The number of nitro groups is 1. The maximum Gasteiger partial charge on any atom is 0.269 e. The summed E-state index contributed by atoms with van der Waals surface area (Å²) >= 11 is 0. The molecule has 2 heterocycles.